The number of para-hydroxylation sites is 1. The monoisotopic (exact) mass is 377 g/mol. The molecule has 2 aromatic rings. The molecule has 0 spiro atoms. The number of carbonyl (C=O) groups is 1. The van der Waals surface area contributed by atoms with E-state index >= 15 is 0 Å². The van der Waals surface area contributed by atoms with Crippen molar-refractivity contribution in [3.63, 3.8) is 0 Å². The highest BCUT2D eigenvalue weighted by Crippen LogP contribution is 2.30. The first-order valence-corrected chi connectivity index (χ1v) is 9.74. The molecule has 0 radical (unpaired) electrons. The fourth-order valence-electron chi connectivity index (χ4n) is 4.30. The number of aliphatic hydroxyl groups is 1. The van der Waals surface area contributed by atoms with Crippen LogP contribution in [0.15, 0.2) is 47.7 Å². The van der Waals surface area contributed by atoms with Gasteiger partial charge in [0.1, 0.15) is 6.04 Å². The quantitative estimate of drug-likeness (QED) is 0.745. The Bertz CT molecular complexity index is 944. The first kappa shape index (κ1) is 17.2. The second kappa shape index (κ2) is 6.91. The van der Waals surface area contributed by atoms with Gasteiger partial charge >= 0.3 is 0 Å². The molecule has 3 aliphatic heterocycles. The number of fused-ring (bicyclic) bond motifs is 2. The maximum atomic E-state index is 12.3. The molecule has 0 aliphatic carbocycles. The van der Waals surface area contributed by atoms with Crippen molar-refractivity contribution in [3.05, 3.63) is 59.4 Å². The lowest BCUT2D eigenvalue weighted by Gasteiger charge is -2.33. The average Bonchev–Trinajstić information content (AvgIpc) is 3.18. The number of rotatable bonds is 3. The molecule has 0 saturated carbocycles. The fourth-order valence-corrected chi connectivity index (χ4v) is 4.30. The Morgan fingerprint density at radius 3 is 3.00 bits per heavy atom. The second-order valence-electron chi connectivity index (χ2n) is 7.69. The summed E-state index contributed by atoms with van der Waals surface area (Å²) in [6.45, 7) is 1.32. The van der Waals surface area contributed by atoms with Crippen LogP contribution in [0.5, 0.6) is 0 Å². The Kier molecular flexibility index (Phi) is 4.24. The first-order valence-electron chi connectivity index (χ1n) is 9.74. The fraction of sp³-hybridized carbons (Fsp3) is 0.381. The molecule has 1 fully saturated rings. The van der Waals surface area contributed by atoms with Crippen molar-refractivity contribution in [2.75, 3.05) is 25.0 Å². The highest BCUT2D eigenvalue weighted by Gasteiger charge is 2.39. The number of piperazine rings is 1. The standard InChI is InChI=1S/C21H23N5O2/c27-12-16-11-26-20(21(28)24-16)9-19(25-26)14-5-6-22-18(8-14)15-7-13-3-1-2-4-17(13)23-10-15/h1-6,8,15-16,20,23,27H,7,9-12H2,(H,24,28). The molecule has 1 saturated heterocycles. The van der Waals surface area contributed by atoms with Gasteiger partial charge in [-0.1, -0.05) is 18.2 Å². The molecule has 1 aromatic carbocycles. The molecule has 1 amide bonds. The summed E-state index contributed by atoms with van der Waals surface area (Å²) in [7, 11) is 0. The van der Waals surface area contributed by atoms with E-state index < -0.39 is 0 Å². The van der Waals surface area contributed by atoms with Crippen LogP contribution in [-0.4, -0.2) is 58.5 Å². The van der Waals surface area contributed by atoms with Crippen molar-refractivity contribution in [3.8, 4) is 0 Å². The van der Waals surface area contributed by atoms with E-state index in [0.717, 1.165) is 29.9 Å². The van der Waals surface area contributed by atoms with Crippen molar-refractivity contribution < 1.29 is 9.90 Å². The second-order valence-corrected chi connectivity index (χ2v) is 7.69. The van der Waals surface area contributed by atoms with E-state index in [2.05, 4.69) is 51.1 Å². The molecule has 4 heterocycles. The van der Waals surface area contributed by atoms with Crippen LogP contribution < -0.4 is 10.6 Å². The number of amides is 1. The molecule has 5 rings (SSSR count). The number of anilines is 1. The third kappa shape index (κ3) is 3.01. The zero-order chi connectivity index (χ0) is 19.1. The van der Waals surface area contributed by atoms with Gasteiger partial charge in [0, 0.05) is 42.0 Å². The van der Waals surface area contributed by atoms with Crippen LogP contribution in [0.2, 0.25) is 0 Å². The number of benzene rings is 1. The van der Waals surface area contributed by atoms with Gasteiger partial charge in [-0.25, -0.2) is 0 Å². The van der Waals surface area contributed by atoms with E-state index in [9.17, 15) is 9.90 Å². The van der Waals surface area contributed by atoms with Gasteiger partial charge in [-0.3, -0.25) is 14.8 Å². The minimum atomic E-state index is -0.280. The predicted molar refractivity (Wildman–Crippen MR) is 106 cm³/mol. The van der Waals surface area contributed by atoms with Gasteiger partial charge < -0.3 is 15.7 Å². The minimum Gasteiger partial charge on any atom is -0.394 e. The SMILES string of the molecule is O=C1NC(CO)CN2N=C(c3ccnc(C4CNc5ccccc5C4)c3)CC12. The molecule has 3 aliphatic rings. The largest absolute Gasteiger partial charge is 0.394 e. The summed E-state index contributed by atoms with van der Waals surface area (Å²) in [5.74, 6) is 0.243. The minimum absolute atomic E-state index is 0.0635. The van der Waals surface area contributed by atoms with Crippen LogP contribution in [0.3, 0.4) is 0 Å². The van der Waals surface area contributed by atoms with Crippen LogP contribution in [0.1, 0.15) is 29.2 Å². The van der Waals surface area contributed by atoms with Crippen LogP contribution in [-0.2, 0) is 11.2 Å². The van der Waals surface area contributed by atoms with E-state index in [-0.39, 0.29) is 24.6 Å². The Morgan fingerprint density at radius 1 is 1.21 bits per heavy atom. The van der Waals surface area contributed by atoms with E-state index in [1.54, 1.807) is 0 Å². The van der Waals surface area contributed by atoms with Gasteiger partial charge in [0.2, 0.25) is 5.91 Å². The van der Waals surface area contributed by atoms with Gasteiger partial charge in [-0.05, 0) is 30.2 Å². The number of hydrogen-bond acceptors (Lipinski definition) is 6. The van der Waals surface area contributed by atoms with Gasteiger partial charge in [0.15, 0.2) is 0 Å². The number of hydrazone groups is 1. The van der Waals surface area contributed by atoms with Gasteiger partial charge in [-0.2, -0.15) is 5.10 Å². The summed E-state index contributed by atoms with van der Waals surface area (Å²) >= 11 is 0. The van der Waals surface area contributed by atoms with E-state index in [1.165, 1.54) is 11.3 Å². The molecule has 7 nitrogen and oxygen atoms in total. The Balaban J connectivity index is 1.38. The summed E-state index contributed by atoms with van der Waals surface area (Å²) in [6, 6.07) is 11.9. The van der Waals surface area contributed by atoms with Crippen molar-refractivity contribution in [1.82, 2.24) is 15.3 Å². The summed E-state index contributed by atoms with van der Waals surface area (Å²) < 4.78 is 0. The smallest absolute Gasteiger partial charge is 0.245 e. The molecular weight excluding hydrogens is 354 g/mol. The van der Waals surface area contributed by atoms with Crippen LogP contribution in [0.25, 0.3) is 0 Å². The maximum Gasteiger partial charge on any atom is 0.245 e. The average molecular weight is 377 g/mol. The Morgan fingerprint density at radius 2 is 2.11 bits per heavy atom. The number of carbonyl (C=O) groups excluding carboxylic acids is 1. The van der Waals surface area contributed by atoms with Crippen LogP contribution >= 0.6 is 0 Å². The van der Waals surface area contributed by atoms with Gasteiger partial charge in [-0.15, -0.1) is 0 Å². The van der Waals surface area contributed by atoms with E-state index in [4.69, 9.17) is 0 Å². The number of hydrogen-bond donors (Lipinski definition) is 3. The topological polar surface area (TPSA) is 89.9 Å². The third-order valence-electron chi connectivity index (χ3n) is 5.83. The molecule has 1 aromatic heterocycles. The number of aromatic nitrogens is 1. The molecular formula is C21H23N5O2. The normalized spacial score (nSPS) is 26.0. The number of nitrogens with zero attached hydrogens (tertiary/aromatic N) is 3. The van der Waals surface area contributed by atoms with E-state index in [1.807, 2.05) is 17.3 Å². The molecule has 7 heteroatoms. The van der Waals surface area contributed by atoms with Crippen LogP contribution in [0.4, 0.5) is 5.69 Å². The van der Waals surface area contributed by atoms with Gasteiger partial charge in [0.25, 0.3) is 0 Å². The molecule has 3 atom stereocenters. The third-order valence-corrected chi connectivity index (χ3v) is 5.83. The first-order chi connectivity index (χ1) is 13.7. The molecule has 144 valence electrons. The molecule has 3 N–H and O–H groups in total. The lowest BCUT2D eigenvalue weighted by Crippen LogP contribution is -2.57. The Labute approximate surface area is 163 Å². The summed E-state index contributed by atoms with van der Waals surface area (Å²) in [4.78, 5) is 16.9. The molecule has 3 unspecified atom stereocenters. The zero-order valence-corrected chi connectivity index (χ0v) is 15.5. The zero-order valence-electron chi connectivity index (χ0n) is 15.5. The number of aliphatic hydroxyl groups excluding tert-OH is 1. The van der Waals surface area contributed by atoms with Crippen molar-refractivity contribution in [2.24, 2.45) is 5.10 Å². The van der Waals surface area contributed by atoms with Crippen molar-refractivity contribution >= 4 is 17.3 Å². The predicted octanol–water partition coefficient (Wildman–Crippen LogP) is 1.10. The lowest BCUT2D eigenvalue weighted by molar-refractivity contribution is -0.130. The molecule has 0 bridgehead atoms. The Hall–Kier alpha value is -2.93. The lowest BCUT2D eigenvalue weighted by atomic mass is 9.90. The summed E-state index contributed by atoms with van der Waals surface area (Å²) in [5.41, 5.74) is 5.49. The van der Waals surface area contributed by atoms with Gasteiger partial charge in [0.05, 0.1) is 24.9 Å². The van der Waals surface area contributed by atoms with Crippen molar-refractivity contribution in [2.45, 2.75) is 30.8 Å². The highest BCUT2D eigenvalue weighted by molar-refractivity contribution is 6.05. The molecule has 28 heavy (non-hydrogen) atoms. The number of nitrogens with one attached hydrogen (secondary N) is 2. The summed E-state index contributed by atoms with van der Waals surface area (Å²) in [6.07, 6.45) is 3.38. The van der Waals surface area contributed by atoms with Crippen LogP contribution in [0, 0.1) is 0 Å². The number of pyridine rings is 1. The van der Waals surface area contributed by atoms with E-state index in [0.29, 0.717) is 18.9 Å². The maximum absolute atomic E-state index is 12.3. The summed E-state index contributed by atoms with van der Waals surface area (Å²) in [5, 5.41) is 22.2. The van der Waals surface area contributed by atoms with Crippen molar-refractivity contribution in [1.29, 1.82) is 0 Å². The highest BCUT2D eigenvalue weighted by atomic mass is 16.3.